The van der Waals surface area contributed by atoms with Gasteiger partial charge in [0.15, 0.2) is 0 Å². The second-order valence-corrected chi connectivity index (χ2v) is 11.6. The largest absolute Gasteiger partial charge is 0.493 e. The number of amides is 3. The molecule has 1 atom stereocenters. The van der Waals surface area contributed by atoms with Crippen LogP contribution in [-0.4, -0.2) is 66.3 Å². The van der Waals surface area contributed by atoms with E-state index in [1.165, 1.54) is 54.7 Å². The molecule has 1 N–H and O–H groups in total. The summed E-state index contributed by atoms with van der Waals surface area (Å²) >= 11 is 0. The fourth-order valence-electron chi connectivity index (χ4n) is 6.60. The number of carbonyl (C=O) groups excluding carboxylic acids is 3. The minimum Gasteiger partial charge on any atom is -0.493 e. The fourth-order valence-corrected chi connectivity index (χ4v) is 6.60. The smallest absolute Gasteiger partial charge is 0.255 e. The van der Waals surface area contributed by atoms with Crippen molar-refractivity contribution < 1.29 is 23.5 Å². The number of nitrogens with zero attached hydrogens (tertiary/aromatic N) is 3. The molecular formula is C31H37FN4O4. The van der Waals surface area contributed by atoms with E-state index < -0.39 is 17.8 Å². The predicted molar refractivity (Wildman–Crippen MR) is 148 cm³/mol. The van der Waals surface area contributed by atoms with Gasteiger partial charge in [-0.1, -0.05) is 31.4 Å². The molecule has 3 aliphatic heterocycles. The molecule has 212 valence electrons. The number of rotatable bonds is 7. The lowest BCUT2D eigenvalue weighted by Gasteiger charge is -2.37. The highest BCUT2D eigenvalue weighted by atomic mass is 19.1. The van der Waals surface area contributed by atoms with E-state index in [1.807, 2.05) is 6.07 Å². The Hall–Kier alpha value is -3.46. The summed E-state index contributed by atoms with van der Waals surface area (Å²) in [6, 6.07) is 10.4. The van der Waals surface area contributed by atoms with Crippen molar-refractivity contribution in [2.75, 3.05) is 37.7 Å². The standard InChI is InChI=1S/C31H37FN4O4/c32-23-16-25-26(19-36(31(25)39)27-9-10-29(37)33-30(27)38)28(17-23)35-13-11-34(12-14-35)18-22-7-4-8-24(15-22)40-20-21-5-2-1-3-6-21/h4,7-8,15-17,21,27H,1-3,5-6,9-14,18-20H2,(H,33,37,38). The molecule has 6 rings (SSSR count). The molecule has 2 saturated heterocycles. The second-order valence-electron chi connectivity index (χ2n) is 11.6. The van der Waals surface area contributed by atoms with E-state index in [0.717, 1.165) is 43.2 Å². The molecule has 1 saturated carbocycles. The first-order valence-electron chi connectivity index (χ1n) is 14.6. The molecule has 0 spiro atoms. The van der Waals surface area contributed by atoms with Gasteiger partial charge in [-0.25, -0.2) is 4.39 Å². The zero-order valence-corrected chi connectivity index (χ0v) is 22.9. The molecular weight excluding hydrogens is 511 g/mol. The maximum absolute atomic E-state index is 14.7. The lowest BCUT2D eigenvalue weighted by Crippen LogP contribution is -2.52. The number of hydrogen-bond acceptors (Lipinski definition) is 6. The zero-order valence-electron chi connectivity index (χ0n) is 22.9. The lowest BCUT2D eigenvalue weighted by atomic mass is 9.90. The summed E-state index contributed by atoms with van der Waals surface area (Å²) in [5.41, 5.74) is 3.00. The Morgan fingerprint density at radius 3 is 2.52 bits per heavy atom. The number of nitrogens with one attached hydrogen (secondary N) is 1. The summed E-state index contributed by atoms with van der Waals surface area (Å²) < 4.78 is 20.8. The van der Waals surface area contributed by atoms with E-state index in [4.69, 9.17) is 4.74 Å². The summed E-state index contributed by atoms with van der Waals surface area (Å²) in [7, 11) is 0. The molecule has 0 aromatic heterocycles. The lowest BCUT2D eigenvalue weighted by molar-refractivity contribution is -0.136. The van der Waals surface area contributed by atoms with Crippen LogP contribution in [0.25, 0.3) is 0 Å². The van der Waals surface area contributed by atoms with Crippen LogP contribution in [0.15, 0.2) is 36.4 Å². The summed E-state index contributed by atoms with van der Waals surface area (Å²) in [5, 5.41) is 2.32. The van der Waals surface area contributed by atoms with Gasteiger partial charge < -0.3 is 14.5 Å². The summed E-state index contributed by atoms with van der Waals surface area (Å²) in [4.78, 5) is 43.2. The SMILES string of the molecule is O=C1CCC(N2Cc3c(cc(F)cc3N3CCN(Cc4cccc(OCC5CCCCC5)c4)CC3)C2=O)C(=O)N1. The number of halogens is 1. The number of piperazine rings is 1. The molecule has 9 heteroatoms. The molecule has 1 unspecified atom stereocenters. The molecule has 2 aromatic rings. The van der Waals surface area contributed by atoms with E-state index in [9.17, 15) is 18.8 Å². The van der Waals surface area contributed by atoms with Gasteiger partial charge in [-0.3, -0.25) is 24.6 Å². The van der Waals surface area contributed by atoms with Crippen molar-refractivity contribution >= 4 is 23.4 Å². The molecule has 1 aliphatic carbocycles. The van der Waals surface area contributed by atoms with Crippen LogP contribution in [0.4, 0.5) is 10.1 Å². The van der Waals surface area contributed by atoms with Crippen LogP contribution in [0, 0.1) is 11.7 Å². The average Bonchev–Trinajstić information content (AvgIpc) is 3.28. The summed E-state index contributed by atoms with van der Waals surface area (Å²) in [5.74, 6) is 0.00259. The molecule has 4 aliphatic rings. The third-order valence-corrected chi connectivity index (χ3v) is 8.83. The number of carbonyl (C=O) groups is 3. The van der Waals surface area contributed by atoms with Gasteiger partial charge in [0.25, 0.3) is 5.91 Å². The Morgan fingerprint density at radius 1 is 0.950 bits per heavy atom. The van der Waals surface area contributed by atoms with E-state index in [0.29, 0.717) is 24.6 Å². The molecule has 0 radical (unpaired) electrons. The maximum Gasteiger partial charge on any atom is 0.255 e. The Balaban J connectivity index is 1.08. The van der Waals surface area contributed by atoms with E-state index in [-0.39, 0.29) is 31.2 Å². The molecule has 0 bridgehead atoms. The van der Waals surface area contributed by atoms with Gasteiger partial charge in [-0.05, 0) is 55.0 Å². The number of anilines is 1. The molecule has 3 amide bonds. The number of hydrogen-bond donors (Lipinski definition) is 1. The van der Waals surface area contributed by atoms with Gasteiger partial charge in [-0.2, -0.15) is 0 Å². The van der Waals surface area contributed by atoms with Crippen LogP contribution < -0.4 is 15.0 Å². The van der Waals surface area contributed by atoms with Gasteiger partial charge in [0.1, 0.15) is 17.6 Å². The molecule has 8 nitrogen and oxygen atoms in total. The van der Waals surface area contributed by atoms with Crippen LogP contribution in [0.2, 0.25) is 0 Å². The first kappa shape index (κ1) is 26.7. The average molecular weight is 549 g/mol. The minimum atomic E-state index is -0.715. The second kappa shape index (κ2) is 11.6. The number of fused-ring (bicyclic) bond motifs is 1. The van der Waals surface area contributed by atoms with Gasteiger partial charge >= 0.3 is 0 Å². The van der Waals surface area contributed by atoms with Crippen LogP contribution >= 0.6 is 0 Å². The van der Waals surface area contributed by atoms with Crippen molar-refractivity contribution in [2.24, 2.45) is 5.92 Å². The highest BCUT2D eigenvalue weighted by molar-refractivity contribution is 6.06. The van der Waals surface area contributed by atoms with Crippen molar-refractivity contribution in [3.8, 4) is 5.75 Å². The van der Waals surface area contributed by atoms with Crippen molar-refractivity contribution in [2.45, 2.75) is 64.1 Å². The topological polar surface area (TPSA) is 82.2 Å². The van der Waals surface area contributed by atoms with Crippen molar-refractivity contribution in [3.05, 3.63) is 58.9 Å². The summed E-state index contributed by atoms with van der Waals surface area (Å²) in [6.45, 7) is 4.89. The normalized spacial score (nSPS) is 22.4. The quantitative estimate of drug-likeness (QED) is 0.529. The van der Waals surface area contributed by atoms with Gasteiger partial charge in [0, 0.05) is 62.5 Å². The van der Waals surface area contributed by atoms with Gasteiger partial charge in [0.2, 0.25) is 11.8 Å². The molecule has 3 fully saturated rings. The zero-order chi connectivity index (χ0) is 27.6. The Morgan fingerprint density at radius 2 is 1.75 bits per heavy atom. The maximum atomic E-state index is 14.7. The number of piperidine rings is 1. The highest BCUT2D eigenvalue weighted by Crippen LogP contribution is 2.35. The number of benzene rings is 2. The van der Waals surface area contributed by atoms with E-state index in [1.54, 1.807) is 0 Å². The van der Waals surface area contributed by atoms with Gasteiger partial charge in [0.05, 0.1) is 6.61 Å². The van der Waals surface area contributed by atoms with Crippen molar-refractivity contribution in [1.82, 2.24) is 15.1 Å². The number of imide groups is 1. The van der Waals surface area contributed by atoms with Crippen LogP contribution in [0.3, 0.4) is 0 Å². The Kier molecular flexibility index (Phi) is 7.74. The van der Waals surface area contributed by atoms with Crippen LogP contribution in [0.5, 0.6) is 5.75 Å². The third-order valence-electron chi connectivity index (χ3n) is 8.83. The molecule has 2 aromatic carbocycles. The fraction of sp³-hybridized carbons (Fsp3) is 0.516. The van der Waals surface area contributed by atoms with Crippen molar-refractivity contribution in [3.63, 3.8) is 0 Å². The van der Waals surface area contributed by atoms with Crippen LogP contribution in [0.1, 0.15) is 66.4 Å². The van der Waals surface area contributed by atoms with Crippen LogP contribution in [-0.2, 0) is 22.7 Å². The molecule has 40 heavy (non-hydrogen) atoms. The van der Waals surface area contributed by atoms with E-state index >= 15 is 0 Å². The third kappa shape index (κ3) is 5.70. The van der Waals surface area contributed by atoms with Crippen molar-refractivity contribution in [1.29, 1.82) is 0 Å². The predicted octanol–water partition coefficient (Wildman–Crippen LogP) is 3.87. The molecule has 3 heterocycles. The Labute approximate surface area is 234 Å². The minimum absolute atomic E-state index is 0.190. The van der Waals surface area contributed by atoms with Gasteiger partial charge in [-0.15, -0.1) is 0 Å². The van der Waals surface area contributed by atoms with E-state index in [2.05, 4.69) is 33.3 Å². The number of ether oxygens (including phenoxy) is 1. The summed E-state index contributed by atoms with van der Waals surface area (Å²) in [6.07, 6.45) is 6.98. The monoisotopic (exact) mass is 548 g/mol. The Bertz CT molecular complexity index is 1290. The first-order chi connectivity index (χ1) is 19.4. The first-order valence-corrected chi connectivity index (χ1v) is 14.6. The highest BCUT2D eigenvalue weighted by Gasteiger charge is 2.41.